The van der Waals surface area contributed by atoms with Crippen molar-refractivity contribution < 1.29 is 27.9 Å². The Morgan fingerprint density at radius 2 is 1.81 bits per heavy atom. The Hall–Kier alpha value is -3.29. The average molecular weight is 430 g/mol. The van der Waals surface area contributed by atoms with Crippen molar-refractivity contribution in [3.8, 4) is 0 Å². The van der Waals surface area contributed by atoms with Crippen LogP contribution in [0.4, 0.5) is 13.2 Å². The van der Waals surface area contributed by atoms with Crippen LogP contribution in [0.2, 0.25) is 0 Å². The number of nitrogens with one attached hydrogen (secondary N) is 1. The number of carboxylic acids is 1. The third kappa shape index (κ3) is 4.42. The number of rotatable bonds is 7. The number of aromatic nitrogens is 1. The summed E-state index contributed by atoms with van der Waals surface area (Å²) in [6.07, 6.45) is 0.394. The third-order valence-corrected chi connectivity index (χ3v) is 5.74. The van der Waals surface area contributed by atoms with Gasteiger partial charge in [0.1, 0.15) is 5.82 Å². The van der Waals surface area contributed by atoms with Gasteiger partial charge in [-0.2, -0.15) is 0 Å². The maximum Gasteiger partial charge on any atom is 0.303 e. The Balaban J connectivity index is 1.55. The van der Waals surface area contributed by atoms with Gasteiger partial charge in [-0.15, -0.1) is 0 Å². The highest BCUT2D eigenvalue weighted by atomic mass is 19.3. The second-order valence-electron chi connectivity index (χ2n) is 7.95. The van der Waals surface area contributed by atoms with Crippen molar-refractivity contribution >= 4 is 22.8 Å². The van der Waals surface area contributed by atoms with E-state index in [1.165, 1.54) is 24.3 Å². The van der Waals surface area contributed by atoms with Crippen molar-refractivity contribution in [3.63, 3.8) is 0 Å². The van der Waals surface area contributed by atoms with Crippen molar-refractivity contribution in [3.05, 3.63) is 71.2 Å². The van der Waals surface area contributed by atoms with E-state index in [9.17, 15) is 22.8 Å². The largest absolute Gasteiger partial charge is 0.481 e. The second kappa shape index (κ2) is 8.45. The summed E-state index contributed by atoms with van der Waals surface area (Å²) in [7, 11) is 0. The van der Waals surface area contributed by atoms with Gasteiger partial charge >= 0.3 is 5.97 Å². The molecule has 31 heavy (non-hydrogen) atoms. The van der Waals surface area contributed by atoms with E-state index in [2.05, 4.69) is 5.32 Å². The Labute approximate surface area is 176 Å². The number of benzene rings is 2. The van der Waals surface area contributed by atoms with Crippen molar-refractivity contribution in [2.75, 3.05) is 0 Å². The maximum atomic E-state index is 14.4. The van der Waals surface area contributed by atoms with Crippen LogP contribution in [0.5, 0.6) is 0 Å². The van der Waals surface area contributed by atoms with E-state index in [-0.39, 0.29) is 29.9 Å². The van der Waals surface area contributed by atoms with Crippen LogP contribution in [-0.2, 0) is 11.3 Å². The lowest BCUT2D eigenvalue weighted by Gasteiger charge is -2.35. The molecule has 0 atom stereocenters. The molecule has 0 radical (unpaired) electrons. The standard InChI is InChI=1S/C23H21F3N2O3/c24-19-6-5-18(23(31)27-16-9-14(10-16)11-20(29)30)21-17(19)7-8-28(21)12-13-1-3-15(4-2-13)22(25)26/h1-8,14,16,22H,9-12H2,(H,27,31)(H,29,30)/t14-,16+. The van der Waals surface area contributed by atoms with Gasteiger partial charge in [-0.3, -0.25) is 9.59 Å². The SMILES string of the molecule is O=C(O)C[C@H]1C[C@@H](NC(=O)c2ccc(F)c3ccn(Cc4ccc(C(F)F)cc4)c23)C1. The molecule has 0 spiro atoms. The first-order valence-corrected chi connectivity index (χ1v) is 9.99. The average Bonchev–Trinajstić information content (AvgIpc) is 3.11. The molecule has 4 rings (SSSR count). The fourth-order valence-electron chi connectivity index (χ4n) is 4.10. The van der Waals surface area contributed by atoms with Gasteiger partial charge in [0.15, 0.2) is 0 Å². The number of nitrogens with zero attached hydrogens (tertiary/aromatic N) is 1. The number of carboxylic acid groups (broad SMARTS) is 1. The Morgan fingerprint density at radius 3 is 2.45 bits per heavy atom. The minimum Gasteiger partial charge on any atom is -0.481 e. The molecule has 1 amide bonds. The van der Waals surface area contributed by atoms with Crippen LogP contribution in [0, 0.1) is 11.7 Å². The molecule has 2 aromatic carbocycles. The summed E-state index contributed by atoms with van der Waals surface area (Å²) < 4.78 is 41.6. The van der Waals surface area contributed by atoms with E-state index in [0.29, 0.717) is 35.9 Å². The number of fused-ring (bicyclic) bond motifs is 1. The molecule has 1 aliphatic rings. The fraction of sp³-hybridized carbons (Fsp3) is 0.304. The highest BCUT2D eigenvalue weighted by molar-refractivity contribution is 6.06. The number of carbonyl (C=O) groups excluding carboxylic acids is 1. The van der Waals surface area contributed by atoms with E-state index in [1.807, 2.05) is 0 Å². The van der Waals surface area contributed by atoms with Gasteiger partial charge in [0, 0.05) is 36.2 Å². The Kier molecular flexibility index (Phi) is 5.71. The molecule has 1 heterocycles. The molecule has 0 saturated heterocycles. The number of carbonyl (C=O) groups is 2. The third-order valence-electron chi connectivity index (χ3n) is 5.74. The van der Waals surface area contributed by atoms with Gasteiger partial charge < -0.3 is 15.0 Å². The molecule has 1 aromatic heterocycles. The van der Waals surface area contributed by atoms with Crippen LogP contribution in [0.15, 0.2) is 48.7 Å². The molecule has 8 heteroatoms. The van der Waals surface area contributed by atoms with Crippen molar-refractivity contribution in [1.29, 1.82) is 0 Å². The Morgan fingerprint density at radius 1 is 1.10 bits per heavy atom. The lowest BCUT2D eigenvalue weighted by Crippen LogP contribution is -2.44. The van der Waals surface area contributed by atoms with Crippen LogP contribution >= 0.6 is 0 Å². The summed E-state index contributed by atoms with van der Waals surface area (Å²) >= 11 is 0. The molecule has 2 N–H and O–H groups in total. The number of alkyl halides is 2. The molecule has 162 valence electrons. The first-order valence-electron chi connectivity index (χ1n) is 9.99. The number of aliphatic carboxylic acids is 1. The van der Waals surface area contributed by atoms with E-state index in [1.54, 1.807) is 29.0 Å². The van der Waals surface area contributed by atoms with Gasteiger partial charge in [0.05, 0.1) is 11.1 Å². The van der Waals surface area contributed by atoms with Crippen LogP contribution in [0.1, 0.15) is 47.2 Å². The molecule has 1 fully saturated rings. The minimum atomic E-state index is -2.55. The van der Waals surface area contributed by atoms with Crippen LogP contribution in [0.25, 0.3) is 10.9 Å². The highest BCUT2D eigenvalue weighted by Crippen LogP contribution is 2.31. The maximum absolute atomic E-state index is 14.4. The Bertz CT molecular complexity index is 1120. The van der Waals surface area contributed by atoms with Crippen LogP contribution < -0.4 is 5.32 Å². The number of halogens is 3. The van der Waals surface area contributed by atoms with Crippen LogP contribution in [0.3, 0.4) is 0 Å². The molecule has 0 aliphatic heterocycles. The van der Waals surface area contributed by atoms with Gasteiger partial charge in [0.2, 0.25) is 0 Å². The van der Waals surface area contributed by atoms with Gasteiger partial charge in [-0.05, 0) is 42.5 Å². The molecule has 3 aromatic rings. The van der Waals surface area contributed by atoms with Crippen molar-refractivity contribution in [1.82, 2.24) is 9.88 Å². The molecular weight excluding hydrogens is 409 g/mol. The number of amides is 1. The molecule has 1 aliphatic carbocycles. The summed E-state index contributed by atoms with van der Waals surface area (Å²) in [6.45, 7) is 0.293. The zero-order valence-electron chi connectivity index (χ0n) is 16.5. The van der Waals surface area contributed by atoms with E-state index in [4.69, 9.17) is 5.11 Å². The normalized spacial score (nSPS) is 18.2. The zero-order valence-corrected chi connectivity index (χ0v) is 16.5. The lowest BCUT2D eigenvalue weighted by molar-refractivity contribution is -0.138. The molecular formula is C23H21F3N2O3. The second-order valence-corrected chi connectivity index (χ2v) is 7.95. The van der Waals surface area contributed by atoms with Gasteiger partial charge in [-0.1, -0.05) is 24.3 Å². The molecule has 0 bridgehead atoms. The summed E-state index contributed by atoms with van der Waals surface area (Å²) in [5, 5.41) is 12.0. The summed E-state index contributed by atoms with van der Waals surface area (Å²) in [6, 6.07) is 10.0. The van der Waals surface area contributed by atoms with E-state index < -0.39 is 18.2 Å². The molecule has 1 saturated carbocycles. The van der Waals surface area contributed by atoms with Gasteiger partial charge in [-0.25, -0.2) is 13.2 Å². The first-order chi connectivity index (χ1) is 14.8. The molecule has 0 unspecified atom stereocenters. The number of hydrogen-bond acceptors (Lipinski definition) is 2. The highest BCUT2D eigenvalue weighted by Gasteiger charge is 2.32. The molecule has 5 nitrogen and oxygen atoms in total. The van der Waals surface area contributed by atoms with Gasteiger partial charge in [0.25, 0.3) is 12.3 Å². The van der Waals surface area contributed by atoms with E-state index in [0.717, 1.165) is 5.56 Å². The first kappa shape index (κ1) is 21.0. The van der Waals surface area contributed by atoms with E-state index >= 15 is 0 Å². The zero-order chi connectivity index (χ0) is 22.1. The summed E-state index contributed by atoms with van der Waals surface area (Å²) in [5.74, 6) is -1.61. The number of hydrogen-bond donors (Lipinski definition) is 2. The summed E-state index contributed by atoms with van der Waals surface area (Å²) in [4.78, 5) is 23.7. The van der Waals surface area contributed by atoms with Crippen molar-refractivity contribution in [2.45, 2.75) is 38.3 Å². The topological polar surface area (TPSA) is 71.3 Å². The van der Waals surface area contributed by atoms with Crippen molar-refractivity contribution in [2.24, 2.45) is 5.92 Å². The lowest BCUT2D eigenvalue weighted by atomic mass is 9.78. The minimum absolute atomic E-state index is 0.0520. The fourth-order valence-corrected chi connectivity index (χ4v) is 4.10. The quantitative estimate of drug-likeness (QED) is 0.568. The predicted molar refractivity (Wildman–Crippen MR) is 109 cm³/mol. The summed E-state index contributed by atoms with van der Waals surface area (Å²) in [5.41, 5.74) is 1.41. The van der Waals surface area contributed by atoms with Crippen LogP contribution in [-0.4, -0.2) is 27.6 Å². The smallest absolute Gasteiger partial charge is 0.303 e. The monoisotopic (exact) mass is 430 g/mol. The predicted octanol–water partition coefficient (Wildman–Crippen LogP) is 4.75.